The first-order valence-electron chi connectivity index (χ1n) is 10.7. The molecule has 2 aliphatic rings. The maximum absolute atomic E-state index is 13.1. The Kier molecular flexibility index (Phi) is 6.72. The lowest BCUT2D eigenvalue weighted by Crippen LogP contribution is -2.40. The Morgan fingerprint density at radius 3 is 2.48 bits per heavy atom. The third-order valence-corrected chi connectivity index (χ3v) is 5.82. The molecule has 0 spiro atoms. The van der Waals surface area contributed by atoms with Crippen molar-refractivity contribution < 1.29 is 23.8 Å². The van der Waals surface area contributed by atoms with Crippen LogP contribution in [0.15, 0.2) is 48.5 Å². The molecule has 0 aromatic heterocycles. The van der Waals surface area contributed by atoms with Gasteiger partial charge in [0.2, 0.25) is 0 Å². The number of carbonyl (C=O) groups excluding carboxylic acids is 2. The summed E-state index contributed by atoms with van der Waals surface area (Å²) >= 11 is 0. The van der Waals surface area contributed by atoms with E-state index in [0.717, 1.165) is 12.8 Å². The summed E-state index contributed by atoms with van der Waals surface area (Å²) < 4.78 is 16.6. The van der Waals surface area contributed by atoms with E-state index in [1.165, 1.54) is 0 Å². The highest BCUT2D eigenvalue weighted by molar-refractivity contribution is 5.97. The molecule has 7 heteroatoms. The molecule has 2 aromatic rings. The van der Waals surface area contributed by atoms with Crippen molar-refractivity contribution in [3.05, 3.63) is 59.7 Å². The second-order valence-electron chi connectivity index (χ2n) is 7.73. The molecule has 31 heavy (non-hydrogen) atoms. The van der Waals surface area contributed by atoms with Crippen LogP contribution in [0, 0.1) is 0 Å². The second kappa shape index (κ2) is 9.83. The number of hydrogen-bond donors (Lipinski definition) is 0. The van der Waals surface area contributed by atoms with E-state index >= 15 is 0 Å². The van der Waals surface area contributed by atoms with Gasteiger partial charge in [-0.2, -0.15) is 0 Å². The third kappa shape index (κ3) is 4.82. The number of hydrogen-bond acceptors (Lipinski definition) is 5. The van der Waals surface area contributed by atoms with E-state index in [1.807, 2.05) is 29.2 Å². The summed E-state index contributed by atoms with van der Waals surface area (Å²) in [6.07, 6.45) is 1.84. The average molecular weight is 424 g/mol. The van der Waals surface area contributed by atoms with Crippen molar-refractivity contribution in [2.24, 2.45) is 0 Å². The molecule has 0 saturated carbocycles. The van der Waals surface area contributed by atoms with Gasteiger partial charge in [-0.1, -0.05) is 12.1 Å². The first-order chi connectivity index (χ1) is 15.2. The van der Waals surface area contributed by atoms with E-state index in [2.05, 4.69) is 0 Å². The van der Waals surface area contributed by atoms with Crippen LogP contribution < -0.4 is 9.47 Å². The standard InChI is InChI=1S/C24H28N2O5/c1-29-22-7-3-2-6-21(22)24(28)26-12-4-5-19(26)17-31-20-10-8-18(9-11-20)23(27)25-13-15-30-16-14-25/h2-3,6-11,19H,4-5,12-17H2,1H3/t19-/m1/s1. The number of morpholine rings is 1. The summed E-state index contributed by atoms with van der Waals surface area (Å²) in [6, 6.07) is 14.5. The van der Waals surface area contributed by atoms with Crippen LogP contribution in [0.25, 0.3) is 0 Å². The number of ether oxygens (including phenoxy) is 3. The molecule has 2 saturated heterocycles. The molecule has 0 N–H and O–H groups in total. The molecule has 7 nitrogen and oxygen atoms in total. The highest BCUT2D eigenvalue weighted by Crippen LogP contribution is 2.26. The largest absolute Gasteiger partial charge is 0.496 e. The highest BCUT2D eigenvalue weighted by atomic mass is 16.5. The zero-order chi connectivity index (χ0) is 21.6. The molecule has 2 fully saturated rings. The molecule has 2 aliphatic heterocycles. The van der Waals surface area contributed by atoms with Gasteiger partial charge in [-0.05, 0) is 49.2 Å². The maximum atomic E-state index is 13.1. The smallest absolute Gasteiger partial charge is 0.257 e. The number of amides is 2. The summed E-state index contributed by atoms with van der Waals surface area (Å²) in [5, 5.41) is 0. The molecule has 164 valence electrons. The van der Waals surface area contributed by atoms with E-state index in [-0.39, 0.29) is 17.9 Å². The minimum atomic E-state index is -0.0324. The fourth-order valence-electron chi connectivity index (χ4n) is 4.09. The summed E-state index contributed by atoms with van der Waals surface area (Å²) in [5.74, 6) is 1.25. The Labute approximate surface area is 182 Å². The Hall–Kier alpha value is -3.06. The van der Waals surface area contributed by atoms with Gasteiger partial charge >= 0.3 is 0 Å². The van der Waals surface area contributed by atoms with Crippen LogP contribution in [0.4, 0.5) is 0 Å². The van der Waals surface area contributed by atoms with Crippen LogP contribution in [0.1, 0.15) is 33.6 Å². The summed E-state index contributed by atoms with van der Waals surface area (Å²) in [5.41, 5.74) is 1.21. The van der Waals surface area contributed by atoms with Gasteiger partial charge in [0.25, 0.3) is 11.8 Å². The zero-order valence-electron chi connectivity index (χ0n) is 17.8. The third-order valence-electron chi connectivity index (χ3n) is 5.82. The van der Waals surface area contributed by atoms with Crippen molar-refractivity contribution in [3.8, 4) is 11.5 Å². The van der Waals surface area contributed by atoms with Crippen molar-refractivity contribution >= 4 is 11.8 Å². The number of benzene rings is 2. The van der Waals surface area contributed by atoms with Crippen LogP contribution in [0.2, 0.25) is 0 Å². The van der Waals surface area contributed by atoms with Gasteiger partial charge in [-0.15, -0.1) is 0 Å². The quantitative estimate of drug-likeness (QED) is 0.713. The van der Waals surface area contributed by atoms with Crippen molar-refractivity contribution in [2.75, 3.05) is 46.6 Å². The molecule has 0 aliphatic carbocycles. The molecule has 2 aromatic carbocycles. The number of para-hydroxylation sites is 1. The number of likely N-dealkylation sites (tertiary alicyclic amines) is 1. The topological polar surface area (TPSA) is 68.3 Å². The van der Waals surface area contributed by atoms with Gasteiger partial charge < -0.3 is 24.0 Å². The Morgan fingerprint density at radius 2 is 1.74 bits per heavy atom. The van der Waals surface area contributed by atoms with E-state index in [4.69, 9.17) is 14.2 Å². The lowest BCUT2D eigenvalue weighted by Gasteiger charge is -2.27. The van der Waals surface area contributed by atoms with Crippen LogP contribution >= 0.6 is 0 Å². The molecule has 4 rings (SSSR count). The second-order valence-corrected chi connectivity index (χ2v) is 7.73. The zero-order valence-corrected chi connectivity index (χ0v) is 17.8. The predicted octanol–water partition coefficient (Wildman–Crippen LogP) is 2.85. The van der Waals surface area contributed by atoms with E-state index in [9.17, 15) is 9.59 Å². The minimum Gasteiger partial charge on any atom is -0.496 e. The van der Waals surface area contributed by atoms with Crippen molar-refractivity contribution in [3.63, 3.8) is 0 Å². The minimum absolute atomic E-state index is 0.00655. The lowest BCUT2D eigenvalue weighted by atomic mass is 10.1. The fourth-order valence-corrected chi connectivity index (χ4v) is 4.09. The van der Waals surface area contributed by atoms with Crippen molar-refractivity contribution in [2.45, 2.75) is 18.9 Å². The highest BCUT2D eigenvalue weighted by Gasteiger charge is 2.31. The van der Waals surface area contributed by atoms with Crippen molar-refractivity contribution in [1.29, 1.82) is 0 Å². The van der Waals surface area contributed by atoms with Crippen LogP contribution in [0.5, 0.6) is 11.5 Å². The van der Waals surface area contributed by atoms with Crippen LogP contribution in [-0.4, -0.2) is 74.2 Å². The Balaban J connectivity index is 1.36. The Bertz CT molecular complexity index is 908. The van der Waals surface area contributed by atoms with Gasteiger partial charge in [-0.25, -0.2) is 0 Å². The summed E-state index contributed by atoms with van der Waals surface area (Å²) in [6.45, 7) is 3.52. The molecule has 1 atom stereocenters. The first kappa shape index (κ1) is 21.2. The van der Waals surface area contributed by atoms with E-state index in [0.29, 0.717) is 62.1 Å². The summed E-state index contributed by atoms with van der Waals surface area (Å²) in [4.78, 5) is 29.3. The van der Waals surface area contributed by atoms with Gasteiger partial charge in [0, 0.05) is 25.2 Å². The monoisotopic (exact) mass is 424 g/mol. The Morgan fingerprint density at radius 1 is 1.00 bits per heavy atom. The molecule has 0 bridgehead atoms. The number of nitrogens with zero attached hydrogens (tertiary/aromatic N) is 2. The van der Waals surface area contributed by atoms with Gasteiger partial charge in [0.15, 0.2) is 0 Å². The van der Waals surface area contributed by atoms with Crippen LogP contribution in [0.3, 0.4) is 0 Å². The van der Waals surface area contributed by atoms with Gasteiger partial charge in [0.1, 0.15) is 18.1 Å². The fraction of sp³-hybridized carbons (Fsp3) is 0.417. The predicted molar refractivity (Wildman–Crippen MR) is 116 cm³/mol. The lowest BCUT2D eigenvalue weighted by molar-refractivity contribution is 0.0303. The average Bonchev–Trinajstić information content (AvgIpc) is 3.31. The first-order valence-corrected chi connectivity index (χ1v) is 10.7. The molecule has 2 amide bonds. The normalized spacial score (nSPS) is 18.7. The van der Waals surface area contributed by atoms with Crippen LogP contribution in [-0.2, 0) is 4.74 Å². The van der Waals surface area contributed by atoms with Gasteiger partial charge in [-0.3, -0.25) is 9.59 Å². The number of methoxy groups -OCH3 is 1. The van der Waals surface area contributed by atoms with Crippen molar-refractivity contribution in [1.82, 2.24) is 9.80 Å². The SMILES string of the molecule is COc1ccccc1C(=O)N1CCC[C@@H]1COc1ccc(C(=O)N2CCOCC2)cc1. The molecular weight excluding hydrogens is 396 g/mol. The van der Waals surface area contributed by atoms with E-state index < -0.39 is 0 Å². The maximum Gasteiger partial charge on any atom is 0.257 e. The summed E-state index contributed by atoms with van der Waals surface area (Å²) in [7, 11) is 1.57. The molecular formula is C24H28N2O5. The molecule has 0 unspecified atom stereocenters. The molecule has 2 heterocycles. The van der Waals surface area contributed by atoms with E-state index in [1.54, 1.807) is 36.3 Å². The number of rotatable bonds is 6. The van der Waals surface area contributed by atoms with Gasteiger partial charge in [0.05, 0.1) is 31.9 Å². The molecule has 0 radical (unpaired) electrons. The number of carbonyl (C=O) groups is 2.